The molecule has 0 aliphatic carbocycles. The van der Waals surface area contributed by atoms with Gasteiger partial charge in [0.25, 0.3) is 5.91 Å². The van der Waals surface area contributed by atoms with E-state index in [1.165, 1.54) is 16.9 Å². The van der Waals surface area contributed by atoms with Crippen molar-refractivity contribution in [2.24, 2.45) is 7.05 Å². The lowest BCUT2D eigenvalue weighted by molar-refractivity contribution is 0.102. The van der Waals surface area contributed by atoms with E-state index in [0.717, 1.165) is 27.6 Å². The summed E-state index contributed by atoms with van der Waals surface area (Å²) in [6.45, 7) is 5.85. The molecule has 1 aromatic carbocycles. The predicted octanol–water partition coefficient (Wildman–Crippen LogP) is 3.72. The first-order chi connectivity index (χ1) is 11.0. The van der Waals surface area contributed by atoms with Crippen LogP contribution in [0.5, 0.6) is 0 Å². The molecular weight excluding hydrogens is 308 g/mol. The van der Waals surface area contributed by atoms with Gasteiger partial charge in [-0.2, -0.15) is 5.10 Å². The molecule has 0 saturated heterocycles. The van der Waals surface area contributed by atoms with Crippen LogP contribution in [-0.4, -0.2) is 20.7 Å². The Hall–Kier alpha value is -2.47. The molecule has 0 fully saturated rings. The molecule has 0 atom stereocenters. The Kier molecular flexibility index (Phi) is 4.00. The van der Waals surface area contributed by atoms with E-state index in [2.05, 4.69) is 15.4 Å². The molecule has 1 N–H and O–H groups in total. The molecule has 0 unspecified atom stereocenters. The van der Waals surface area contributed by atoms with Crippen molar-refractivity contribution in [2.75, 3.05) is 5.32 Å². The van der Waals surface area contributed by atoms with Gasteiger partial charge in [0.2, 0.25) is 0 Å². The fraction of sp³-hybridized carbons (Fsp3) is 0.235. The predicted molar refractivity (Wildman–Crippen MR) is 92.9 cm³/mol. The second-order valence-corrected chi connectivity index (χ2v) is 6.39. The van der Waals surface area contributed by atoms with Gasteiger partial charge >= 0.3 is 0 Å². The Bertz CT molecular complexity index is 861. The van der Waals surface area contributed by atoms with Crippen molar-refractivity contribution in [1.82, 2.24) is 14.8 Å². The first kappa shape index (κ1) is 15.4. The minimum Gasteiger partial charge on any atom is -0.317 e. The number of carbonyl (C=O) groups excluding carboxylic acids is 1. The van der Waals surface area contributed by atoms with Gasteiger partial charge in [-0.1, -0.05) is 29.8 Å². The molecule has 3 aromatic rings. The third-order valence-corrected chi connectivity index (χ3v) is 4.67. The number of amides is 1. The molecule has 0 aliphatic heterocycles. The van der Waals surface area contributed by atoms with Crippen molar-refractivity contribution in [3.05, 3.63) is 52.3 Å². The minimum atomic E-state index is -0.209. The van der Waals surface area contributed by atoms with E-state index < -0.39 is 0 Å². The SMILES string of the molecule is Cc1ccc(-c2nc(C(=O)Nc3c(C)nn(C)c3C)cs2)cc1. The maximum absolute atomic E-state index is 12.4. The van der Waals surface area contributed by atoms with Crippen LogP contribution in [0, 0.1) is 20.8 Å². The molecule has 118 valence electrons. The second-order valence-electron chi connectivity index (χ2n) is 5.53. The normalized spacial score (nSPS) is 10.8. The molecule has 2 aromatic heterocycles. The number of thiazole rings is 1. The Morgan fingerprint density at radius 2 is 1.87 bits per heavy atom. The number of aryl methyl sites for hydroxylation is 3. The summed E-state index contributed by atoms with van der Waals surface area (Å²) in [5.74, 6) is -0.209. The highest BCUT2D eigenvalue weighted by molar-refractivity contribution is 7.13. The molecule has 0 spiro atoms. The topological polar surface area (TPSA) is 59.8 Å². The van der Waals surface area contributed by atoms with E-state index in [0.29, 0.717) is 5.69 Å². The van der Waals surface area contributed by atoms with Crippen molar-refractivity contribution in [2.45, 2.75) is 20.8 Å². The van der Waals surface area contributed by atoms with Crippen LogP contribution in [0.2, 0.25) is 0 Å². The molecule has 0 radical (unpaired) electrons. The largest absolute Gasteiger partial charge is 0.317 e. The Labute approximate surface area is 139 Å². The van der Waals surface area contributed by atoms with Crippen LogP contribution >= 0.6 is 11.3 Å². The van der Waals surface area contributed by atoms with Crippen molar-refractivity contribution >= 4 is 22.9 Å². The summed E-state index contributed by atoms with van der Waals surface area (Å²) in [7, 11) is 1.86. The zero-order chi connectivity index (χ0) is 16.6. The number of nitrogens with one attached hydrogen (secondary N) is 1. The number of hydrogen-bond donors (Lipinski definition) is 1. The minimum absolute atomic E-state index is 0.209. The molecule has 1 amide bonds. The Morgan fingerprint density at radius 1 is 1.17 bits per heavy atom. The lowest BCUT2D eigenvalue weighted by atomic mass is 10.2. The van der Waals surface area contributed by atoms with Gasteiger partial charge in [0, 0.05) is 18.0 Å². The van der Waals surface area contributed by atoms with Gasteiger partial charge in [0.1, 0.15) is 10.7 Å². The van der Waals surface area contributed by atoms with Crippen molar-refractivity contribution in [3.8, 4) is 10.6 Å². The van der Waals surface area contributed by atoms with Crippen LogP contribution in [0.3, 0.4) is 0 Å². The van der Waals surface area contributed by atoms with E-state index >= 15 is 0 Å². The number of nitrogens with zero attached hydrogens (tertiary/aromatic N) is 3. The van der Waals surface area contributed by atoms with Crippen LogP contribution in [-0.2, 0) is 7.05 Å². The molecule has 3 rings (SSSR count). The van der Waals surface area contributed by atoms with Gasteiger partial charge in [-0.3, -0.25) is 9.48 Å². The zero-order valence-electron chi connectivity index (χ0n) is 13.5. The number of hydrogen-bond acceptors (Lipinski definition) is 4. The molecular formula is C17H18N4OS. The highest BCUT2D eigenvalue weighted by Gasteiger charge is 2.16. The van der Waals surface area contributed by atoms with Crippen LogP contribution < -0.4 is 5.32 Å². The Balaban J connectivity index is 1.82. The van der Waals surface area contributed by atoms with Crippen molar-refractivity contribution < 1.29 is 4.79 Å². The highest BCUT2D eigenvalue weighted by atomic mass is 32.1. The lowest BCUT2D eigenvalue weighted by Crippen LogP contribution is -2.13. The van der Waals surface area contributed by atoms with E-state index in [4.69, 9.17) is 0 Å². The molecule has 0 aliphatic rings. The third-order valence-electron chi connectivity index (χ3n) is 3.78. The average Bonchev–Trinajstić information content (AvgIpc) is 3.09. The van der Waals surface area contributed by atoms with E-state index in [-0.39, 0.29) is 5.91 Å². The van der Waals surface area contributed by atoms with Crippen LogP contribution in [0.1, 0.15) is 27.4 Å². The summed E-state index contributed by atoms with van der Waals surface area (Å²) in [6, 6.07) is 8.12. The van der Waals surface area contributed by atoms with Crippen LogP contribution in [0.15, 0.2) is 29.6 Å². The fourth-order valence-corrected chi connectivity index (χ4v) is 3.15. The van der Waals surface area contributed by atoms with E-state index in [9.17, 15) is 4.79 Å². The summed E-state index contributed by atoms with van der Waals surface area (Å²) in [4.78, 5) is 16.9. The van der Waals surface area contributed by atoms with Gasteiger partial charge in [-0.05, 0) is 20.8 Å². The zero-order valence-corrected chi connectivity index (χ0v) is 14.4. The monoisotopic (exact) mass is 326 g/mol. The molecule has 6 heteroatoms. The van der Waals surface area contributed by atoms with Gasteiger partial charge in [0.05, 0.1) is 17.1 Å². The molecule has 0 saturated carbocycles. The standard InChI is InChI=1S/C17H18N4OS/c1-10-5-7-13(8-6-10)17-18-14(9-23-17)16(22)19-15-11(2)20-21(4)12(15)3/h5-9H,1-4H3,(H,19,22). The Morgan fingerprint density at radius 3 is 2.48 bits per heavy atom. The van der Waals surface area contributed by atoms with Crippen molar-refractivity contribution in [1.29, 1.82) is 0 Å². The number of benzene rings is 1. The smallest absolute Gasteiger partial charge is 0.275 e. The average molecular weight is 326 g/mol. The van der Waals surface area contributed by atoms with Crippen LogP contribution in [0.25, 0.3) is 10.6 Å². The summed E-state index contributed by atoms with van der Waals surface area (Å²) in [6.07, 6.45) is 0. The number of carbonyl (C=O) groups is 1. The lowest BCUT2D eigenvalue weighted by Gasteiger charge is -2.03. The molecule has 23 heavy (non-hydrogen) atoms. The molecule has 0 bridgehead atoms. The summed E-state index contributed by atoms with van der Waals surface area (Å²) >= 11 is 1.47. The first-order valence-electron chi connectivity index (χ1n) is 7.30. The van der Waals surface area contributed by atoms with Gasteiger partial charge in [-0.15, -0.1) is 11.3 Å². The quantitative estimate of drug-likeness (QED) is 0.798. The van der Waals surface area contributed by atoms with Gasteiger partial charge < -0.3 is 5.32 Å². The number of anilines is 1. The van der Waals surface area contributed by atoms with Crippen molar-refractivity contribution in [3.63, 3.8) is 0 Å². The van der Waals surface area contributed by atoms with Gasteiger partial charge in [0.15, 0.2) is 0 Å². The summed E-state index contributed by atoms with van der Waals surface area (Å²) in [5, 5.41) is 9.84. The fourth-order valence-electron chi connectivity index (χ4n) is 2.34. The second kappa shape index (κ2) is 5.96. The molecule has 2 heterocycles. The van der Waals surface area contributed by atoms with E-state index in [1.54, 1.807) is 10.1 Å². The summed E-state index contributed by atoms with van der Waals surface area (Å²) in [5.41, 5.74) is 5.12. The third kappa shape index (κ3) is 3.03. The van der Waals surface area contributed by atoms with E-state index in [1.807, 2.05) is 52.1 Å². The first-order valence-corrected chi connectivity index (χ1v) is 8.18. The number of aromatic nitrogens is 3. The maximum atomic E-state index is 12.4. The van der Waals surface area contributed by atoms with Gasteiger partial charge in [-0.25, -0.2) is 4.98 Å². The van der Waals surface area contributed by atoms with Crippen LogP contribution in [0.4, 0.5) is 5.69 Å². The number of rotatable bonds is 3. The summed E-state index contributed by atoms with van der Waals surface area (Å²) < 4.78 is 1.75. The maximum Gasteiger partial charge on any atom is 0.275 e. The molecule has 5 nitrogen and oxygen atoms in total. The highest BCUT2D eigenvalue weighted by Crippen LogP contribution is 2.25.